The van der Waals surface area contributed by atoms with E-state index in [1.807, 2.05) is 0 Å². The van der Waals surface area contributed by atoms with Crippen LogP contribution in [-0.2, 0) is 0 Å². The molecule has 2 aliphatic rings. The Labute approximate surface area is 63.3 Å². The van der Waals surface area contributed by atoms with Crippen LogP contribution in [0.4, 0.5) is 0 Å². The van der Waals surface area contributed by atoms with E-state index in [-0.39, 0.29) is 0 Å². The van der Waals surface area contributed by atoms with Crippen molar-refractivity contribution in [3.63, 3.8) is 0 Å². The second-order valence-corrected chi connectivity index (χ2v) is 3.65. The SMILES string of the molecule is [CH2]CC=C1CC2CCC1C2. The van der Waals surface area contributed by atoms with Crippen molar-refractivity contribution in [2.24, 2.45) is 11.8 Å². The lowest BCUT2D eigenvalue weighted by molar-refractivity contribution is 0.560. The summed E-state index contributed by atoms with van der Waals surface area (Å²) in [4.78, 5) is 0. The molecule has 2 fully saturated rings. The predicted molar refractivity (Wildman–Crippen MR) is 43.5 cm³/mol. The molecule has 55 valence electrons. The Morgan fingerprint density at radius 3 is 2.90 bits per heavy atom. The Morgan fingerprint density at radius 1 is 1.50 bits per heavy atom. The molecule has 0 heteroatoms. The summed E-state index contributed by atoms with van der Waals surface area (Å²) in [6.45, 7) is 3.86. The van der Waals surface area contributed by atoms with E-state index >= 15 is 0 Å². The standard InChI is InChI=1S/C10H15/c1-2-3-9-6-8-4-5-10(9)7-8/h3,8,10H,1-2,4-7H2. The van der Waals surface area contributed by atoms with Crippen LogP contribution in [0.1, 0.15) is 32.1 Å². The van der Waals surface area contributed by atoms with Gasteiger partial charge in [-0.2, -0.15) is 0 Å². The molecule has 1 radical (unpaired) electrons. The maximum atomic E-state index is 3.86. The van der Waals surface area contributed by atoms with Gasteiger partial charge >= 0.3 is 0 Å². The third kappa shape index (κ3) is 0.902. The Balaban J connectivity index is 2.08. The van der Waals surface area contributed by atoms with Crippen molar-refractivity contribution in [1.29, 1.82) is 0 Å². The van der Waals surface area contributed by atoms with Crippen molar-refractivity contribution in [3.05, 3.63) is 18.6 Å². The summed E-state index contributed by atoms with van der Waals surface area (Å²) in [6.07, 6.45) is 9.21. The van der Waals surface area contributed by atoms with Crippen LogP contribution in [0.25, 0.3) is 0 Å². The highest BCUT2D eigenvalue weighted by Gasteiger charge is 2.34. The molecular weight excluding hydrogens is 120 g/mol. The fourth-order valence-electron chi connectivity index (χ4n) is 2.53. The van der Waals surface area contributed by atoms with Crippen LogP contribution in [0.3, 0.4) is 0 Å². The molecule has 0 aliphatic heterocycles. The minimum atomic E-state index is 0.978. The van der Waals surface area contributed by atoms with Gasteiger partial charge in [0.15, 0.2) is 0 Å². The van der Waals surface area contributed by atoms with E-state index in [4.69, 9.17) is 0 Å². The summed E-state index contributed by atoms with van der Waals surface area (Å²) < 4.78 is 0. The molecule has 2 aliphatic carbocycles. The van der Waals surface area contributed by atoms with Crippen molar-refractivity contribution in [3.8, 4) is 0 Å². The van der Waals surface area contributed by atoms with E-state index in [1.54, 1.807) is 5.57 Å². The summed E-state index contributed by atoms with van der Waals surface area (Å²) in [6, 6.07) is 0. The number of fused-ring (bicyclic) bond motifs is 2. The molecule has 2 saturated carbocycles. The predicted octanol–water partition coefficient (Wildman–Crippen LogP) is 2.96. The average molecular weight is 135 g/mol. The Kier molecular flexibility index (Phi) is 1.55. The zero-order valence-electron chi connectivity index (χ0n) is 6.47. The van der Waals surface area contributed by atoms with Crippen LogP contribution in [0.15, 0.2) is 11.6 Å². The second kappa shape index (κ2) is 2.41. The molecule has 0 heterocycles. The second-order valence-electron chi connectivity index (χ2n) is 3.65. The topological polar surface area (TPSA) is 0 Å². The van der Waals surface area contributed by atoms with Crippen LogP contribution in [-0.4, -0.2) is 0 Å². The van der Waals surface area contributed by atoms with Crippen molar-refractivity contribution in [1.82, 2.24) is 0 Å². The zero-order chi connectivity index (χ0) is 6.97. The number of hydrogen-bond acceptors (Lipinski definition) is 0. The molecule has 0 amide bonds. The van der Waals surface area contributed by atoms with Gasteiger partial charge in [0.25, 0.3) is 0 Å². The lowest BCUT2D eigenvalue weighted by Gasteiger charge is -2.12. The molecular formula is C10H15. The van der Waals surface area contributed by atoms with Crippen LogP contribution in [0.5, 0.6) is 0 Å². The molecule has 2 rings (SSSR count). The monoisotopic (exact) mass is 135 g/mol. The van der Waals surface area contributed by atoms with Crippen LogP contribution < -0.4 is 0 Å². The van der Waals surface area contributed by atoms with Crippen LogP contribution in [0, 0.1) is 18.8 Å². The third-order valence-electron chi connectivity index (χ3n) is 3.00. The normalized spacial score (nSPS) is 41.5. The summed E-state index contributed by atoms with van der Waals surface area (Å²) in [5.41, 5.74) is 1.73. The number of rotatable bonds is 1. The lowest BCUT2D eigenvalue weighted by atomic mass is 9.94. The highest BCUT2D eigenvalue weighted by molar-refractivity contribution is 5.16. The van der Waals surface area contributed by atoms with E-state index in [0.29, 0.717) is 0 Å². The van der Waals surface area contributed by atoms with Gasteiger partial charge in [0.05, 0.1) is 0 Å². The summed E-state index contributed by atoms with van der Waals surface area (Å²) in [5, 5.41) is 0. The third-order valence-corrected chi connectivity index (χ3v) is 3.00. The quantitative estimate of drug-likeness (QED) is 0.485. The van der Waals surface area contributed by atoms with Crippen molar-refractivity contribution >= 4 is 0 Å². The van der Waals surface area contributed by atoms with Gasteiger partial charge in [-0.05, 0) is 50.9 Å². The lowest BCUT2D eigenvalue weighted by Crippen LogP contribution is -1.97. The van der Waals surface area contributed by atoms with Gasteiger partial charge in [0.1, 0.15) is 0 Å². The highest BCUT2D eigenvalue weighted by Crippen LogP contribution is 2.47. The van der Waals surface area contributed by atoms with Crippen molar-refractivity contribution < 1.29 is 0 Å². The fourth-order valence-corrected chi connectivity index (χ4v) is 2.53. The van der Waals surface area contributed by atoms with Gasteiger partial charge in [-0.25, -0.2) is 0 Å². The van der Waals surface area contributed by atoms with Gasteiger partial charge < -0.3 is 0 Å². The maximum Gasteiger partial charge on any atom is -0.0200 e. The minimum absolute atomic E-state index is 0.978. The van der Waals surface area contributed by atoms with Gasteiger partial charge in [0.2, 0.25) is 0 Å². The average Bonchev–Trinajstić information content (AvgIpc) is 2.48. The van der Waals surface area contributed by atoms with Gasteiger partial charge in [-0.1, -0.05) is 11.6 Å². The molecule has 0 aromatic carbocycles. The van der Waals surface area contributed by atoms with Crippen molar-refractivity contribution in [2.75, 3.05) is 0 Å². The first-order chi connectivity index (χ1) is 4.90. The number of allylic oxidation sites excluding steroid dienone is 2. The Bertz CT molecular complexity index is 155. The molecule has 10 heavy (non-hydrogen) atoms. The first-order valence-electron chi connectivity index (χ1n) is 4.38. The molecule has 0 saturated heterocycles. The van der Waals surface area contributed by atoms with E-state index in [9.17, 15) is 0 Å². The maximum absolute atomic E-state index is 3.86. The largest absolute Gasteiger partial charge is 0.0850 e. The molecule has 2 unspecified atom stereocenters. The van der Waals surface area contributed by atoms with E-state index in [2.05, 4.69) is 13.0 Å². The molecule has 2 bridgehead atoms. The van der Waals surface area contributed by atoms with Gasteiger partial charge in [-0.15, -0.1) is 0 Å². The number of hydrogen-bond donors (Lipinski definition) is 0. The Morgan fingerprint density at radius 2 is 2.40 bits per heavy atom. The van der Waals surface area contributed by atoms with Gasteiger partial charge in [0, 0.05) is 0 Å². The molecule has 0 N–H and O–H groups in total. The van der Waals surface area contributed by atoms with E-state index in [1.165, 1.54) is 25.7 Å². The van der Waals surface area contributed by atoms with E-state index in [0.717, 1.165) is 18.3 Å². The van der Waals surface area contributed by atoms with Gasteiger partial charge in [-0.3, -0.25) is 0 Å². The first kappa shape index (κ1) is 6.45. The molecule has 0 nitrogen and oxygen atoms in total. The fraction of sp³-hybridized carbons (Fsp3) is 0.700. The first-order valence-corrected chi connectivity index (χ1v) is 4.38. The summed E-state index contributed by atoms with van der Waals surface area (Å²) in [7, 11) is 0. The van der Waals surface area contributed by atoms with Crippen LogP contribution in [0.2, 0.25) is 0 Å². The van der Waals surface area contributed by atoms with Crippen molar-refractivity contribution in [2.45, 2.75) is 32.1 Å². The molecule has 0 aromatic rings. The smallest absolute Gasteiger partial charge is 0.0200 e. The summed E-state index contributed by atoms with van der Waals surface area (Å²) >= 11 is 0. The van der Waals surface area contributed by atoms with Crippen LogP contribution >= 0.6 is 0 Å². The zero-order valence-corrected chi connectivity index (χ0v) is 6.47. The summed E-state index contributed by atoms with van der Waals surface area (Å²) in [5.74, 6) is 2.04. The Hall–Kier alpha value is -0.260. The molecule has 2 atom stereocenters. The molecule has 0 aromatic heterocycles. The minimum Gasteiger partial charge on any atom is -0.0850 e. The highest BCUT2D eigenvalue weighted by atomic mass is 14.4. The van der Waals surface area contributed by atoms with E-state index < -0.39 is 0 Å². The molecule has 0 spiro atoms.